The zero-order valence-electron chi connectivity index (χ0n) is 10.4. The van der Waals surface area contributed by atoms with Gasteiger partial charge in [0.2, 0.25) is 0 Å². The van der Waals surface area contributed by atoms with Crippen molar-refractivity contribution in [1.82, 2.24) is 0 Å². The van der Waals surface area contributed by atoms with Crippen LogP contribution in [-0.4, -0.2) is 0 Å². The molecule has 0 saturated carbocycles. The summed E-state index contributed by atoms with van der Waals surface area (Å²) in [5.41, 5.74) is 0. The van der Waals surface area contributed by atoms with Gasteiger partial charge < -0.3 is 0 Å². The van der Waals surface area contributed by atoms with E-state index in [0.717, 1.165) is 0 Å². The van der Waals surface area contributed by atoms with Crippen molar-refractivity contribution in [3.8, 4) is 0 Å². The number of hydrogen-bond acceptors (Lipinski definition) is 0. The minimum absolute atomic E-state index is 1.24. The van der Waals surface area contributed by atoms with Crippen LogP contribution in [0.4, 0.5) is 43.9 Å². The van der Waals surface area contributed by atoms with Crippen LogP contribution in [0.25, 0.3) is 0 Å². The molecule has 0 unspecified atom stereocenters. The van der Waals surface area contributed by atoms with E-state index in [-0.39, 0.29) is 0 Å². The van der Waals surface area contributed by atoms with Crippen LogP contribution in [0.2, 0.25) is 0 Å². The zero-order chi connectivity index (χ0) is 18.9. The topological polar surface area (TPSA) is 0 Å². The molecule has 2 aromatic rings. The van der Waals surface area contributed by atoms with Gasteiger partial charge in [-0.05, 0) is 0 Å². The van der Waals surface area contributed by atoms with E-state index in [0.29, 0.717) is 0 Å². The van der Waals surface area contributed by atoms with Crippen molar-refractivity contribution in [3.63, 3.8) is 0 Å². The summed E-state index contributed by atoms with van der Waals surface area (Å²) in [6, 6.07) is 0. The van der Waals surface area contributed by atoms with Crippen LogP contribution in [0.15, 0.2) is 0 Å². The van der Waals surface area contributed by atoms with Crippen molar-refractivity contribution < 1.29 is 74.8 Å². The Morgan fingerprint density at radius 3 is 0.583 bits per heavy atom. The van der Waals surface area contributed by atoms with Gasteiger partial charge in [-0.3, -0.25) is 0 Å². The second kappa shape index (κ2) is 7.74. The third-order valence-corrected chi connectivity index (χ3v) is 3.13. The third-order valence-electron chi connectivity index (χ3n) is 2.26. The van der Waals surface area contributed by atoms with Gasteiger partial charge in [-0.25, -0.2) is 0 Å². The molecule has 0 nitrogen and oxygen atoms in total. The van der Waals surface area contributed by atoms with Gasteiger partial charge in [0.15, 0.2) is 0 Å². The Hall–Kier alpha value is -1.27. The molecule has 0 radical (unpaired) electrons. The van der Waals surface area contributed by atoms with Crippen molar-refractivity contribution in [2.24, 2.45) is 0 Å². The molecule has 0 aliphatic carbocycles. The van der Waals surface area contributed by atoms with Crippen LogP contribution < -0.4 is 9.07 Å². The standard InChI is InChI=1S/2C6F5.2Ni/c2*7-2-1-3(8)5(10)6(11)4(2)9;;. The fourth-order valence-electron chi connectivity index (χ4n) is 1.13. The van der Waals surface area contributed by atoms with Crippen LogP contribution in [-0.2, 0) is 30.9 Å². The molecule has 0 heterocycles. The maximum absolute atomic E-state index is 12.3. The second-order valence-electron chi connectivity index (χ2n) is 3.71. The Bertz CT molecular complexity index is 528. The molecule has 138 valence electrons. The normalized spacial score (nSPS) is 10.6. The molecule has 0 aliphatic heterocycles. The van der Waals surface area contributed by atoms with Crippen LogP contribution in [0.1, 0.15) is 0 Å². The van der Waals surface area contributed by atoms with E-state index in [2.05, 4.69) is 30.9 Å². The van der Waals surface area contributed by atoms with Gasteiger partial charge in [-0.1, -0.05) is 0 Å². The Kier molecular flexibility index (Phi) is 6.70. The summed E-state index contributed by atoms with van der Waals surface area (Å²) in [5, 5.41) is 0. The molecule has 0 aromatic heterocycles. The molecule has 2 aromatic carbocycles. The van der Waals surface area contributed by atoms with Gasteiger partial charge in [0.25, 0.3) is 0 Å². The molecule has 12 heteroatoms. The molecule has 24 heavy (non-hydrogen) atoms. The monoisotopic (exact) mass is 450 g/mol. The first-order valence-corrected chi connectivity index (χ1v) is 6.19. The predicted octanol–water partition coefficient (Wildman–Crippen LogP) is 3.11. The third kappa shape index (κ3) is 3.69. The number of rotatable bonds is 0. The molecule has 0 amide bonds. The van der Waals surface area contributed by atoms with E-state index in [9.17, 15) is 43.9 Å². The van der Waals surface area contributed by atoms with E-state index in [1.807, 2.05) is 0 Å². The van der Waals surface area contributed by atoms with Crippen LogP contribution >= 0.6 is 0 Å². The molecule has 0 spiro atoms. The van der Waals surface area contributed by atoms with Gasteiger partial charge in [0.1, 0.15) is 0 Å². The first-order chi connectivity index (χ1) is 10.9. The summed E-state index contributed by atoms with van der Waals surface area (Å²) in [4.78, 5) is 0. The van der Waals surface area contributed by atoms with Gasteiger partial charge in [-0.15, -0.1) is 0 Å². The summed E-state index contributed by atoms with van der Waals surface area (Å²) in [6.07, 6.45) is 0. The van der Waals surface area contributed by atoms with E-state index in [4.69, 9.17) is 0 Å². The Labute approximate surface area is 142 Å². The summed E-state index contributed by atoms with van der Waals surface area (Å²) in [6.45, 7) is 0. The van der Waals surface area contributed by atoms with E-state index < -0.39 is 67.2 Å². The minimum atomic E-state index is -2.19. The van der Waals surface area contributed by atoms with Crippen molar-refractivity contribution in [3.05, 3.63) is 58.2 Å². The quantitative estimate of drug-likeness (QED) is 0.250. The zero-order valence-corrected chi connectivity index (χ0v) is 12.4. The average Bonchev–Trinajstić information content (AvgIpc) is 2.58. The van der Waals surface area contributed by atoms with Gasteiger partial charge in [-0.2, -0.15) is 0 Å². The predicted molar refractivity (Wildman–Crippen MR) is 51.7 cm³/mol. The Morgan fingerprint density at radius 2 is 0.417 bits per heavy atom. The fraction of sp³-hybridized carbons (Fsp3) is 0. The van der Waals surface area contributed by atoms with Gasteiger partial charge in [0, 0.05) is 0 Å². The molecule has 0 saturated heterocycles. The van der Waals surface area contributed by atoms with Crippen LogP contribution in [0.5, 0.6) is 0 Å². The first-order valence-electron chi connectivity index (χ1n) is 5.21. The molecular weight excluding hydrogens is 451 g/mol. The fourth-order valence-corrected chi connectivity index (χ4v) is 1.56. The molecule has 0 fully saturated rings. The average molecular weight is 451 g/mol. The summed E-state index contributed by atoms with van der Waals surface area (Å²) in [5.74, 6) is -20.2. The first kappa shape index (κ1) is 20.8. The summed E-state index contributed by atoms with van der Waals surface area (Å²) in [7, 11) is 0. The molecule has 2 rings (SSSR count). The summed E-state index contributed by atoms with van der Waals surface area (Å²) < 4.78 is 120. The number of hydrogen-bond donors (Lipinski definition) is 0. The molecule has 0 N–H and O–H groups in total. The summed E-state index contributed by atoms with van der Waals surface area (Å²) >= 11 is 7.24. The SMILES string of the molecule is Fc1c(F)c(F)[c]([Ni])c(F)c1F.Fc1c(F)c(F)[c]([Ni])c(F)c1F. The maximum atomic E-state index is 12.3. The van der Waals surface area contributed by atoms with Crippen molar-refractivity contribution in [2.75, 3.05) is 0 Å². The molecular formula is C12F10Ni2. The van der Waals surface area contributed by atoms with Crippen molar-refractivity contribution in [2.45, 2.75) is 0 Å². The molecule has 0 atom stereocenters. The van der Waals surface area contributed by atoms with E-state index in [1.165, 1.54) is 0 Å². The van der Waals surface area contributed by atoms with Gasteiger partial charge in [0.05, 0.1) is 0 Å². The van der Waals surface area contributed by atoms with E-state index in [1.54, 1.807) is 0 Å². The van der Waals surface area contributed by atoms with E-state index >= 15 is 0 Å². The number of benzene rings is 2. The Balaban J connectivity index is 0.000000240. The van der Waals surface area contributed by atoms with Crippen molar-refractivity contribution in [1.29, 1.82) is 0 Å². The van der Waals surface area contributed by atoms with Crippen LogP contribution in [0.3, 0.4) is 0 Å². The molecule has 0 bridgehead atoms. The Morgan fingerprint density at radius 1 is 0.292 bits per heavy atom. The van der Waals surface area contributed by atoms with Gasteiger partial charge >= 0.3 is 142 Å². The molecule has 0 aliphatic rings. The van der Waals surface area contributed by atoms with Crippen LogP contribution in [0, 0.1) is 58.2 Å². The number of halogens is 10. The van der Waals surface area contributed by atoms with Crippen molar-refractivity contribution >= 4 is 9.07 Å². The second-order valence-corrected chi connectivity index (χ2v) is 4.69.